The van der Waals surface area contributed by atoms with E-state index in [1.807, 2.05) is 0 Å². The van der Waals surface area contributed by atoms with Crippen molar-refractivity contribution in [1.82, 2.24) is 19.6 Å². The van der Waals surface area contributed by atoms with Crippen LogP contribution in [-0.4, -0.2) is 37.3 Å². The summed E-state index contributed by atoms with van der Waals surface area (Å²) in [6.07, 6.45) is -1.18. The average molecular weight is 317 g/mol. The highest BCUT2D eigenvalue weighted by atomic mass is 31.1. The summed E-state index contributed by atoms with van der Waals surface area (Å²) in [5.74, 6) is -0.123. The first kappa shape index (κ1) is 15.2. The number of nitrogens with two attached hydrogens (primary N) is 1. The van der Waals surface area contributed by atoms with Crippen LogP contribution in [0.25, 0.3) is 10.9 Å². The van der Waals surface area contributed by atoms with E-state index in [9.17, 15) is 14.2 Å². The molecule has 0 aliphatic carbocycles. The number of aromatic nitrogens is 4. The lowest BCUT2D eigenvalue weighted by molar-refractivity contribution is 0.0562. The quantitative estimate of drug-likeness (QED) is 0.556. The van der Waals surface area contributed by atoms with Crippen molar-refractivity contribution < 1.29 is 23.5 Å². The van der Waals surface area contributed by atoms with Gasteiger partial charge in [-0.05, 0) is 6.92 Å². The van der Waals surface area contributed by atoms with Crippen LogP contribution in [0.3, 0.4) is 0 Å². The minimum absolute atomic E-state index is 0.123. The molecule has 0 aliphatic heterocycles. The number of anilines is 1. The highest BCUT2D eigenvalue weighted by molar-refractivity contribution is 7.32. The van der Waals surface area contributed by atoms with Crippen molar-refractivity contribution >= 4 is 31.1 Å². The Morgan fingerprint density at radius 3 is 2.76 bits per heavy atom. The van der Waals surface area contributed by atoms with Gasteiger partial charge in [0.25, 0.3) is 5.56 Å². The molecule has 0 amide bonds. The van der Waals surface area contributed by atoms with Crippen molar-refractivity contribution in [2.24, 2.45) is 7.05 Å². The number of carbonyl (C=O) groups is 1. The molecule has 2 aromatic rings. The molecule has 0 spiro atoms. The summed E-state index contributed by atoms with van der Waals surface area (Å²) in [6, 6.07) is 0. The molecule has 0 radical (unpaired) electrons. The maximum atomic E-state index is 12.2. The highest BCUT2D eigenvalue weighted by Crippen LogP contribution is 2.17. The molecule has 0 aromatic carbocycles. The van der Waals surface area contributed by atoms with Gasteiger partial charge in [0, 0.05) is 12.7 Å². The molecule has 21 heavy (non-hydrogen) atoms. The number of ether oxygens (including phenoxy) is 1. The molecular weight excluding hydrogens is 305 g/mol. The smallest absolute Gasteiger partial charge is 0.420 e. The minimum Gasteiger partial charge on any atom is -0.420 e. The van der Waals surface area contributed by atoms with Crippen LogP contribution in [0, 0.1) is 6.92 Å². The Hall–Kier alpha value is -2.23. The van der Waals surface area contributed by atoms with Gasteiger partial charge in [0.1, 0.15) is 5.52 Å². The lowest BCUT2D eigenvalue weighted by atomic mass is 10.3. The van der Waals surface area contributed by atoms with Gasteiger partial charge in [0.05, 0.1) is 5.39 Å². The number of hydrogen-bond donors (Lipinski definition) is 2. The number of nitrogens with zero attached hydrogens (tertiary/aromatic N) is 4. The summed E-state index contributed by atoms with van der Waals surface area (Å²) in [5, 5.41) is 7.76. The predicted octanol–water partition coefficient (Wildman–Crippen LogP) is -0.639. The maximum Gasteiger partial charge on any atom is 0.440 e. The van der Waals surface area contributed by atoms with Crippen LogP contribution in [0.4, 0.5) is 10.6 Å². The van der Waals surface area contributed by atoms with Crippen LogP contribution in [0.5, 0.6) is 0 Å². The fourth-order valence-electron chi connectivity index (χ4n) is 1.67. The predicted molar refractivity (Wildman–Crippen MR) is 71.0 cm³/mol. The number of rotatable bonds is 3. The van der Waals surface area contributed by atoms with Crippen molar-refractivity contribution in [2.45, 2.75) is 6.92 Å². The van der Waals surface area contributed by atoms with Gasteiger partial charge in [0.2, 0.25) is 6.79 Å². The summed E-state index contributed by atoms with van der Waals surface area (Å²) in [6.45, 7) is 0.845. The Morgan fingerprint density at radius 2 is 2.14 bits per heavy atom. The first-order chi connectivity index (χ1) is 9.82. The van der Waals surface area contributed by atoms with E-state index < -0.39 is 26.7 Å². The second-order valence-electron chi connectivity index (χ2n) is 3.97. The molecule has 0 fully saturated rings. The van der Waals surface area contributed by atoms with E-state index >= 15 is 0 Å². The van der Waals surface area contributed by atoms with Gasteiger partial charge < -0.3 is 15.4 Å². The molecule has 11 nitrogen and oxygen atoms in total. The summed E-state index contributed by atoms with van der Waals surface area (Å²) in [7, 11) is -1.63. The third-order valence-electron chi connectivity index (χ3n) is 2.73. The van der Waals surface area contributed by atoms with Crippen LogP contribution in [-0.2, 0) is 20.9 Å². The Balaban J connectivity index is 2.43. The van der Waals surface area contributed by atoms with Crippen LogP contribution < -0.4 is 11.3 Å². The molecule has 2 aromatic heterocycles. The number of hydrogen-bond acceptors (Lipinski definition) is 8. The molecule has 114 valence electrons. The van der Waals surface area contributed by atoms with Gasteiger partial charge in [-0.2, -0.15) is 5.10 Å². The first-order valence-electron chi connectivity index (χ1n) is 5.58. The third-order valence-corrected chi connectivity index (χ3v) is 3.09. The second-order valence-corrected chi connectivity index (χ2v) is 4.79. The zero-order valence-electron chi connectivity index (χ0n) is 11.1. The lowest BCUT2D eigenvalue weighted by Gasteiger charge is -2.05. The molecule has 0 bridgehead atoms. The van der Waals surface area contributed by atoms with Gasteiger partial charge in [-0.25, -0.2) is 4.79 Å². The van der Waals surface area contributed by atoms with E-state index in [4.69, 9.17) is 10.6 Å². The van der Waals surface area contributed by atoms with E-state index in [1.54, 1.807) is 14.0 Å². The highest BCUT2D eigenvalue weighted by Gasteiger charge is 2.20. The molecular formula is C9H12N5O6P. The van der Waals surface area contributed by atoms with Gasteiger partial charge in [-0.1, -0.05) is 0 Å². The summed E-state index contributed by atoms with van der Waals surface area (Å²) in [5.41, 5.74) is 5.58. The summed E-state index contributed by atoms with van der Waals surface area (Å²) in [4.78, 5) is 32.3. The van der Waals surface area contributed by atoms with E-state index in [0.717, 1.165) is 0 Å². The fraction of sp³-hybridized carbons (Fsp3) is 0.333. The second kappa shape index (κ2) is 5.64. The zero-order chi connectivity index (χ0) is 15.7. The Morgan fingerprint density at radius 1 is 1.48 bits per heavy atom. The summed E-state index contributed by atoms with van der Waals surface area (Å²) >= 11 is 0. The zero-order valence-corrected chi connectivity index (χ0v) is 12.1. The average Bonchev–Trinajstić information content (AvgIpc) is 2.70. The molecule has 2 heterocycles. The Bertz CT molecular complexity index is 796. The minimum atomic E-state index is -3.24. The summed E-state index contributed by atoms with van der Waals surface area (Å²) < 4.78 is 20.8. The van der Waals surface area contributed by atoms with Gasteiger partial charge in [-0.3, -0.25) is 18.6 Å². The first-order valence-corrected chi connectivity index (χ1v) is 6.84. The van der Waals surface area contributed by atoms with Crippen LogP contribution in [0.15, 0.2) is 4.79 Å². The van der Waals surface area contributed by atoms with Crippen LogP contribution in [0.1, 0.15) is 5.69 Å². The number of nitrogen functional groups attached to an aromatic ring is 1. The van der Waals surface area contributed by atoms with Crippen molar-refractivity contribution in [3.63, 3.8) is 0 Å². The largest absolute Gasteiger partial charge is 0.440 e. The van der Waals surface area contributed by atoms with Crippen molar-refractivity contribution in [1.29, 1.82) is 0 Å². The molecule has 1 atom stereocenters. The lowest BCUT2D eigenvalue weighted by Crippen LogP contribution is -2.31. The molecule has 12 heteroatoms. The molecule has 0 saturated heterocycles. The van der Waals surface area contributed by atoms with E-state index in [0.29, 0.717) is 10.4 Å². The van der Waals surface area contributed by atoms with Crippen LogP contribution >= 0.6 is 8.25 Å². The SMILES string of the molecule is Cc1c2c(=O)n(C(=O)OCO[PH](=O)O)nc(N)c2nn1C. The van der Waals surface area contributed by atoms with Gasteiger partial charge in [-0.15, -0.1) is 9.78 Å². The topological polar surface area (TPSA) is 152 Å². The molecule has 3 N–H and O–H groups in total. The standard InChI is InChI=1S/C9H12N5O6P/c1-4-5-6(11-13(4)2)7(10)12-14(8(5)15)9(16)19-3-20-21(17)18/h21H,3H2,1-2H3,(H2,10,12)(H,17,18). The van der Waals surface area contributed by atoms with Crippen LogP contribution in [0.2, 0.25) is 0 Å². The van der Waals surface area contributed by atoms with Crippen molar-refractivity contribution in [3.05, 3.63) is 16.0 Å². The Labute approximate surface area is 117 Å². The maximum absolute atomic E-state index is 12.2. The van der Waals surface area contributed by atoms with Gasteiger partial charge >= 0.3 is 14.3 Å². The normalized spacial score (nSPS) is 12.5. The van der Waals surface area contributed by atoms with E-state index in [2.05, 4.69) is 19.5 Å². The number of aryl methyl sites for hydroxylation is 2. The Kier molecular flexibility index (Phi) is 4.07. The third kappa shape index (κ3) is 2.79. The monoisotopic (exact) mass is 317 g/mol. The van der Waals surface area contributed by atoms with Gasteiger partial charge in [0.15, 0.2) is 5.82 Å². The fourth-order valence-corrected chi connectivity index (χ4v) is 1.82. The molecule has 2 rings (SSSR count). The van der Waals surface area contributed by atoms with E-state index in [1.165, 1.54) is 4.68 Å². The molecule has 1 unspecified atom stereocenters. The van der Waals surface area contributed by atoms with Crippen molar-refractivity contribution in [2.75, 3.05) is 12.5 Å². The molecule has 0 aliphatic rings. The van der Waals surface area contributed by atoms with E-state index in [-0.39, 0.29) is 16.7 Å². The number of fused-ring (bicyclic) bond motifs is 1. The van der Waals surface area contributed by atoms with Crippen molar-refractivity contribution in [3.8, 4) is 0 Å². The number of carbonyl (C=O) groups excluding carboxylic acids is 1. The molecule has 0 saturated carbocycles.